The Morgan fingerprint density at radius 3 is 2.43 bits per heavy atom. The fourth-order valence-corrected chi connectivity index (χ4v) is 4.44. The van der Waals surface area contributed by atoms with Crippen molar-refractivity contribution >= 4 is 11.8 Å². The second-order valence-electron chi connectivity index (χ2n) is 7.21. The van der Waals surface area contributed by atoms with E-state index >= 15 is 0 Å². The van der Waals surface area contributed by atoms with Crippen LogP contribution in [0.25, 0.3) is 0 Å². The van der Waals surface area contributed by atoms with Gasteiger partial charge in [-0.2, -0.15) is 11.8 Å². The molecule has 0 aromatic heterocycles. The van der Waals surface area contributed by atoms with Gasteiger partial charge in [0.2, 0.25) is 0 Å². The maximum absolute atomic E-state index is 3.79. The Bertz CT molecular complexity index is 412. The molecule has 2 atom stereocenters. The third kappa shape index (κ3) is 4.75. The average molecular weight is 306 g/mol. The van der Waals surface area contributed by atoms with E-state index in [9.17, 15) is 0 Å². The molecule has 1 N–H and O–H groups in total. The van der Waals surface area contributed by atoms with Gasteiger partial charge < -0.3 is 5.32 Å². The van der Waals surface area contributed by atoms with E-state index in [1.54, 1.807) is 0 Å². The third-order valence-electron chi connectivity index (χ3n) is 4.34. The molecule has 1 saturated heterocycles. The molecule has 118 valence electrons. The van der Waals surface area contributed by atoms with Crippen LogP contribution in [0.3, 0.4) is 0 Å². The maximum Gasteiger partial charge on any atom is 0.0440 e. The lowest BCUT2D eigenvalue weighted by Crippen LogP contribution is -2.32. The van der Waals surface area contributed by atoms with Crippen molar-refractivity contribution in [3.8, 4) is 0 Å². The van der Waals surface area contributed by atoms with Crippen LogP contribution in [0.2, 0.25) is 0 Å². The lowest BCUT2D eigenvalue weighted by molar-refractivity contribution is 0.479. The summed E-state index contributed by atoms with van der Waals surface area (Å²) in [5.74, 6) is 1.33. The van der Waals surface area contributed by atoms with Crippen molar-refractivity contribution in [1.82, 2.24) is 5.32 Å². The van der Waals surface area contributed by atoms with Gasteiger partial charge in [-0.1, -0.05) is 58.4 Å². The highest BCUT2D eigenvalue weighted by molar-refractivity contribution is 8.00. The molecule has 1 fully saturated rings. The summed E-state index contributed by atoms with van der Waals surface area (Å²) in [4.78, 5) is 0. The molecule has 1 nitrogen and oxygen atoms in total. The van der Waals surface area contributed by atoms with Crippen LogP contribution in [0.15, 0.2) is 24.3 Å². The summed E-state index contributed by atoms with van der Waals surface area (Å²) in [6.07, 6.45) is 5.34. The van der Waals surface area contributed by atoms with Crippen molar-refractivity contribution < 1.29 is 0 Å². The molecule has 1 aliphatic heterocycles. The molecule has 0 radical (unpaired) electrons. The SMILES string of the molecule is CCCNC(c1ccc(C(C)(C)C)cc1)C1CCCCS1. The molecule has 1 aromatic carbocycles. The van der Waals surface area contributed by atoms with E-state index in [2.05, 4.69) is 69.0 Å². The first-order valence-electron chi connectivity index (χ1n) is 8.48. The monoisotopic (exact) mass is 305 g/mol. The van der Waals surface area contributed by atoms with Gasteiger partial charge in [-0.3, -0.25) is 0 Å². The zero-order valence-electron chi connectivity index (χ0n) is 14.1. The van der Waals surface area contributed by atoms with E-state index in [0.717, 1.165) is 11.8 Å². The molecule has 2 rings (SSSR count). The van der Waals surface area contributed by atoms with Crippen LogP contribution in [0.4, 0.5) is 0 Å². The maximum atomic E-state index is 3.79. The highest BCUT2D eigenvalue weighted by Crippen LogP contribution is 2.35. The molecule has 2 heteroatoms. The molecular formula is C19H31NS. The van der Waals surface area contributed by atoms with Crippen LogP contribution in [0, 0.1) is 0 Å². The zero-order valence-corrected chi connectivity index (χ0v) is 14.9. The van der Waals surface area contributed by atoms with Gasteiger partial charge in [0, 0.05) is 11.3 Å². The quantitative estimate of drug-likeness (QED) is 0.791. The second kappa shape index (κ2) is 7.69. The molecule has 1 aliphatic rings. The minimum atomic E-state index is 0.241. The van der Waals surface area contributed by atoms with Crippen molar-refractivity contribution in [2.45, 2.75) is 70.1 Å². The Morgan fingerprint density at radius 2 is 1.90 bits per heavy atom. The predicted octanol–water partition coefficient (Wildman–Crippen LogP) is 5.31. The number of benzene rings is 1. The van der Waals surface area contributed by atoms with Crippen LogP contribution < -0.4 is 5.32 Å². The predicted molar refractivity (Wildman–Crippen MR) is 96.3 cm³/mol. The van der Waals surface area contributed by atoms with Crippen molar-refractivity contribution in [1.29, 1.82) is 0 Å². The van der Waals surface area contributed by atoms with Crippen molar-refractivity contribution in [2.75, 3.05) is 12.3 Å². The smallest absolute Gasteiger partial charge is 0.0440 e. The van der Waals surface area contributed by atoms with Gasteiger partial charge in [-0.25, -0.2) is 0 Å². The average Bonchev–Trinajstić information content (AvgIpc) is 2.48. The summed E-state index contributed by atoms with van der Waals surface area (Å²) in [6.45, 7) is 10.2. The Balaban J connectivity index is 2.15. The first kappa shape index (κ1) is 16.9. The summed E-state index contributed by atoms with van der Waals surface area (Å²) in [5.41, 5.74) is 3.14. The van der Waals surface area contributed by atoms with E-state index in [-0.39, 0.29) is 5.41 Å². The molecular weight excluding hydrogens is 274 g/mol. The lowest BCUT2D eigenvalue weighted by Gasteiger charge is -2.31. The first-order valence-corrected chi connectivity index (χ1v) is 9.52. The van der Waals surface area contributed by atoms with Crippen molar-refractivity contribution in [2.24, 2.45) is 0 Å². The van der Waals surface area contributed by atoms with Crippen molar-refractivity contribution in [3.05, 3.63) is 35.4 Å². The Morgan fingerprint density at radius 1 is 1.19 bits per heavy atom. The minimum Gasteiger partial charge on any atom is -0.309 e. The standard InChI is InChI=1S/C19H31NS/c1-5-13-20-18(17-8-6-7-14-21-17)15-9-11-16(12-10-15)19(2,3)4/h9-12,17-18,20H,5-8,13-14H2,1-4H3. The van der Waals surface area contributed by atoms with Crippen LogP contribution in [0.5, 0.6) is 0 Å². The fourth-order valence-electron chi connectivity index (χ4n) is 2.98. The molecule has 0 aliphatic carbocycles. The lowest BCUT2D eigenvalue weighted by atomic mass is 9.86. The Kier molecular flexibility index (Phi) is 6.19. The molecule has 21 heavy (non-hydrogen) atoms. The van der Waals surface area contributed by atoms with E-state index in [1.807, 2.05) is 0 Å². The number of nitrogens with one attached hydrogen (secondary N) is 1. The van der Waals surface area contributed by atoms with E-state index in [4.69, 9.17) is 0 Å². The molecule has 1 heterocycles. The van der Waals surface area contributed by atoms with Gasteiger partial charge in [0.05, 0.1) is 0 Å². The van der Waals surface area contributed by atoms with E-state index < -0.39 is 0 Å². The minimum absolute atomic E-state index is 0.241. The summed E-state index contributed by atoms with van der Waals surface area (Å²) in [6, 6.07) is 9.86. The number of hydrogen-bond donors (Lipinski definition) is 1. The second-order valence-corrected chi connectivity index (χ2v) is 8.56. The normalized spacial score (nSPS) is 21.2. The molecule has 0 bridgehead atoms. The summed E-state index contributed by atoms with van der Waals surface area (Å²) < 4.78 is 0. The van der Waals surface area contributed by atoms with Crippen LogP contribution >= 0.6 is 11.8 Å². The van der Waals surface area contributed by atoms with Gasteiger partial charge in [-0.05, 0) is 48.1 Å². The van der Waals surface area contributed by atoms with Gasteiger partial charge in [0.15, 0.2) is 0 Å². The Labute approximate surface area is 135 Å². The van der Waals surface area contributed by atoms with E-state index in [0.29, 0.717) is 6.04 Å². The molecule has 0 saturated carbocycles. The summed E-state index contributed by atoms with van der Waals surface area (Å²) in [5, 5.41) is 4.53. The zero-order chi connectivity index (χ0) is 15.3. The third-order valence-corrected chi connectivity index (χ3v) is 5.80. The molecule has 0 spiro atoms. The van der Waals surface area contributed by atoms with Crippen molar-refractivity contribution in [3.63, 3.8) is 0 Å². The van der Waals surface area contributed by atoms with Gasteiger partial charge in [0.25, 0.3) is 0 Å². The van der Waals surface area contributed by atoms with Crippen LogP contribution in [-0.4, -0.2) is 17.5 Å². The molecule has 0 amide bonds. The van der Waals surface area contributed by atoms with Gasteiger partial charge >= 0.3 is 0 Å². The topological polar surface area (TPSA) is 12.0 Å². The number of rotatable bonds is 5. The van der Waals surface area contributed by atoms with Gasteiger partial charge in [0.1, 0.15) is 0 Å². The van der Waals surface area contributed by atoms with E-state index in [1.165, 1.54) is 42.6 Å². The summed E-state index contributed by atoms with van der Waals surface area (Å²) in [7, 11) is 0. The Hall–Kier alpha value is -0.470. The highest BCUT2D eigenvalue weighted by Gasteiger charge is 2.25. The van der Waals surface area contributed by atoms with Gasteiger partial charge in [-0.15, -0.1) is 0 Å². The van der Waals surface area contributed by atoms with Crippen LogP contribution in [0.1, 0.15) is 70.5 Å². The highest BCUT2D eigenvalue weighted by atomic mass is 32.2. The molecule has 2 unspecified atom stereocenters. The number of thioether (sulfide) groups is 1. The van der Waals surface area contributed by atoms with Crippen LogP contribution in [-0.2, 0) is 5.41 Å². The number of hydrogen-bond acceptors (Lipinski definition) is 2. The first-order chi connectivity index (χ1) is 10.0. The largest absolute Gasteiger partial charge is 0.309 e. The summed E-state index contributed by atoms with van der Waals surface area (Å²) >= 11 is 2.16. The molecule has 1 aromatic rings. The fraction of sp³-hybridized carbons (Fsp3) is 0.684.